The van der Waals surface area contributed by atoms with E-state index in [0.29, 0.717) is 18.3 Å². The first-order valence-corrected chi connectivity index (χ1v) is 8.76. The number of carbonyl (C=O) groups is 1. The number of carbonyl (C=O) groups excluding carboxylic acids is 1. The third kappa shape index (κ3) is 4.82. The van der Waals surface area contributed by atoms with Crippen LogP contribution in [0.4, 0.5) is 5.69 Å². The summed E-state index contributed by atoms with van der Waals surface area (Å²) in [6.07, 6.45) is 1.07. The Labute approximate surface area is 127 Å². The normalized spacial score (nSPS) is 12.5. The van der Waals surface area contributed by atoms with Gasteiger partial charge in [-0.2, -0.15) is 0 Å². The number of benzene rings is 1. The second-order valence-corrected chi connectivity index (χ2v) is 8.54. The summed E-state index contributed by atoms with van der Waals surface area (Å²) in [6.45, 7) is 7.61. The lowest BCUT2D eigenvalue weighted by Gasteiger charge is -2.21. The van der Waals surface area contributed by atoms with E-state index >= 15 is 0 Å². The Bertz CT molecular complexity index is 607. The summed E-state index contributed by atoms with van der Waals surface area (Å²) in [6, 6.07) is 7.74. The van der Waals surface area contributed by atoms with Gasteiger partial charge in [0.25, 0.3) is 0 Å². The summed E-state index contributed by atoms with van der Waals surface area (Å²) in [5.74, 6) is -0.529. The number of anilines is 1. The van der Waals surface area contributed by atoms with Crippen LogP contribution in [0.1, 0.15) is 33.3 Å². The number of hydrogen-bond donors (Lipinski definition) is 2. The van der Waals surface area contributed by atoms with Crippen molar-refractivity contribution in [2.75, 3.05) is 11.6 Å². The molecule has 0 aliphatic carbocycles. The largest absolute Gasteiger partial charge is 0.325 e. The number of sulfone groups is 1. The highest BCUT2D eigenvalue weighted by atomic mass is 32.2. The van der Waals surface area contributed by atoms with Gasteiger partial charge < -0.3 is 10.6 Å². The van der Waals surface area contributed by atoms with Crippen molar-refractivity contribution in [3.63, 3.8) is 0 Å². The van der Waals surface area contributed by atoms with Crippen molar-refractivity contribution in [3.8, 4) is 0 Å². The summed E-state index contributed by atoms with van der Waals surface area (Å²) >= 11 is 0. The zero-order chi connectivity index (χ0) is 16.3. The molecular formula is C15H24N2O3S. The summed E-state index contributed by atoms with van der Waals surface area (Å²) in [5, 5.41) is 5.96. The van der Waals surface area contributed by atoms with E-state index in [0.717, 1.165) is 11.8 Å². The van der Waals surface area contributed by atoms with E-state index in [-0.39, 0.29) is 0 Å². The van der Waals surface area contributed by atoms with Crippen molar-refractivity contribution >= 4 is 21.4 Å². The molecule has 0 atom stereocenters. The SMILES string of the molecule is CC(C)NCc1cccc(NC(=O)C(C)(C)S(C)(=O)=O)c1. The van der Waals surface area contributed by atoms with Gasteiger partial charge in [-0.25, -0.2) is 8.42 Å². The molecule has 5 nitrogen and oxygen atoms in total. The van der Waals surface area contributed by atoms with Gasteiger partial charge in [-0.3, -0.25) is 4.79 Å². The Hall–Kier alpha value is -1.40. The van der Waals surface area contributed by atoms with Crippen LogP contribution < -0.4 is 10.6 Å². The van der Waals surface area contributed by atoms with Crippen LogP contribution in [-0.4, -0.2) is 31.4 Å². The molecule has 0 radical (unpaired) electrons. The van der Waals surface area contributed by atoms with Gasteiger partial charge in [-0.15, -0.1) is 0 Å². The molecule has 21 heavy (non-hydrogen) atoms. The molecular weight excluding hydrogens is 288 g/mol. The van der Waals surface area contributed by atoms with Gasteiger partial charge in [0.05, 0.1) is 0 Å². The molecule has 0 fully saturated rings. The second-order valence-electron chi connectivity index (χ2n) is 5.97. The molecule has 0 bridgehead atoms. The van der Waals surface area contributed by atoms with Crippen LogP contribution in [0.25, 0.3) is 0 Å². The zero-order valence-electron chi connectivity index (χ0n) is 13.2. The Morgan fingerprint density at radius 1 is 1.29 bits per heavy atom. The lowest BCUT2D eigenvalue weighted by molar-refractivity contribution is -0.117. The van der Waals surface area contributed by atoms with Gasteiger partial charge in [0.2, 0.25) is 5.91 Å². The lowest BCUT2D eigenvalue weighted by atomic mass is 10.1. The van der Waals surface area contributed by atoms with Crippen LogP contribution in [-0.2, 0) is 21.2 Å². The molecule has 0 spiro atoms. The fourth-order valence-electron chi connectivity index (χ4n) is 1.53. The van der Waals surface area contributed by atoms with Crippen molar-refractivity contribution < 1.29 is 13.2 Å². The Kier molecular flexibility index (Phi) is 5.53. The minimum Gasteiger partial charge on any atom is -0.325 e. The van der Waals surface area contributed by atoms with E-state index in [9.17, 15) is 13.2 Å². The zero-order valence-corrected chi connectivity index (χ0v) is 14.0. The predicted molar refractivity (Wildman–Crippen MR) is 86.0 cm³/mol. The highest BCUT2D eigenvalue weighted by molar-refractivity contribution is 7.92. The summed E-state index contributed by atoms with van der Waals surface area (Å²) < 4.78 is 21.9. The van der Waals surface area contributed by atoms with Gasteiger partial charge in [-0.1, -0.05) is 26.0 Å². The highest BCUT2D eigenvalue weighted by Crippen LogP contribution is 2.19. The van der Waals surface area contributed by atoms with Gasteiger partial charge in [-0.05, 0) is 31.5 Å². The molecule has 0 unspecified atom stereocenters. The molecule has 1 amide bonds. The number of amides is 1. The molecule has 0 saturated carbocycles. The lowest BCUT2D eigenvalue weighted by Crippen LogP contribution is -2.43. The Morgan fingerprint density at radius 3 is 2.43 bits per heavy atom. The quantitative estimate of drug-likeness (QED) is 0.842. The maximum atomic E-state index is 12.2. The van der Waals surface area contributed by atoms with Crippen molar-refractivity contribution in [3.05, 3.63) is 29.8 Å². The van der Waals surface area contributed by atoms with Crippen LogP contribution in [0.2, 0.25) is 0 Å². The van der Waals surface area contributed by atoms with E-state index in [1.165, 1.54) is 13.8 Å². The standard InChI is InChI=1S/C15H24N2O3S/c1-11(2)16-10-12-7-6-8-13(9-12)17-14(18)15(3,4)21(5,19)20/h6-9,11,16H,10H2,1-5H3,(H,17,18). The molecule has 0 aliphatic heterocycles. The van der Waals surface area contributed by atoms with E-state index in [1.54, 1.807) is 6.07 Å². The molecule has 6 heteroatoms. The van der Waals surface area contributed by atoms with E-state index in [2.05, 4.69) is 24.5 Å². The first-order valence-electron chi connectivity index (χ1n) is 6.87. The van der Waals surface area contributed by atoms with E-state index < -0.39 is 20.5 Å². The van der Waals surface area contributed by atoms with Crippen LogP contribution in [0.3, 0.4) is 0 Å². The number of nitrogens with one attached hydrogen (secondary N) is 2. The molecule has 1 aromatic rings. The molecule has 0 heterocycles. The average molecular weight is 312 g/mol. The average Bonchev–Trinajstić information content (AvgIpc) is 2.35. The third-order valence-corrected chi connectivity index (χ3v) is 5.41. The second kappa shape index (κ2) is 6.58. The monoisotopic (exact) mass is 312 g/mol. The smallest absolute Gasteiger partial charge is 0.245 e. The molecule has 118 valence electrons. The summed E-state index contributed by atoms with van der Waals surface area (Å²) in [5.41, 5.74) is 1.62. The highest BCUT2D eigenvalue weighted by Gasteiger charge is 2.38. The van der Waals surface area contributed by atoms with Crippen molar-refractivity contribution in [1.82, 2.24) is 5.32 Å². The first-order chi connectivity index (χ1) is 9.54. The number of hydrogen-bond acceptors (Lipinski definition) is 4. The molecule has 1 aromatic carbocycles. The maximum absolute atomic E-state index is 12.2. The summed E-state index contributed by atoms with van der Waals surface area (Å²) in [4.78, 5) is 12.2. The van der Waals surface area contributed by atoms with E-state index in [1.807, 2.05) is 18.2 Å². The summed E-state index contributed by atoms with van der Waals surface area (Å²) in [7, 11) is -3.48. The maximum Gasteiger partial charge on any atom is 0.245 e. The first kappa shape index (κ1) is 17.7. The molecule has 0 saturated heterocycles. The van der Waals surface area contributed by atoms with Gasteiger partial charge in [0.15, 0.2) is 9.84 Å². The van der Waals surface area contributed by atoms with Crippen molar-refractivity contribution in [2.24, 2.45) is 0 Å². The third-order valence-electron chi connectivity index (χ3n) is 3.37. The van der Waals surface area contributed by atoms with Crippen LogP contribution in [0, 0.1) is 0 Å². The van der Waals surface area contributed by atoms with E-state index in [4.69, 9.17) is 0 Å². The fourth-order valence-corrected chi connectivity index (χ4v) is 1.92. The van der Waals surface area contributed by atoms with Crippen LogP contribution in [0.15, 0.2) is 24.3 Å². The Balaban J connectivity index is 2.84. The van der Waals surface area contributed by atoms with Crippen molar-refractivity contribution in [2.45, 2.75) is 45.0 Å². The van der Waals surface area contributed by atoms with Gasteiger partial charge in [0, 0.05) is 24.5 Å². The van der Waals surface area contributed by atoms with Crippen LogP contribution >= 0.6 is 0 Å². The van der Waals surface area contributed by atoms with Crippen LogP contribution in [0.5, 0.6) is 0 Å². The molecule has 0 aliphatic rings. The molecule has 0 aromatic heterocycles. The fraction of sp³-hybridized carbons (Fsp3) is 0.533. The van der Waals surface area contributed by atoms with Crippen molar-refractivity contribution in [1.29, 1.82) is 0 Å². The van der Waals surface area contributed by atoms with Gasteiger partial charge in [0.1, 0.15) is 4.75 Å². The predicted octanol–water partition coefficient (Wildman–Crippen LogP) is 1.95. The minimum atomic E-state index is -3.48. The molecule has 2 N–H and O–H groups in total. The number of rotatable bonds is 6. The topological polar surface area (TPSA) is 75.3 Å². The Morgan fingerprint density at radius 2 is 1.90 bits per heavy atom. The minimum absolute atomic E-state index is 0.368. The van der Waals surface area contributed by atoms with Gasteiger partial charge >= 0.3 is 0 Å². The molecule has 1 rings (SSSR count).